The molecule has 0 spiro atoms. The standard InChI is InChI=1S/C24H26N2O3/c1-4-26(19-8-6-5-7-9-19)23(29)17-10-12-18(13-11-17)25-16-20-21(27)14-24(2,3)15-22(20)28/h5-13,16,27H,4,14-15H2,1-3H3. The van der Waals surface area contributed by atoms with Gasteiger partial charge in [-0.25, -0.2) is 0 Å². The van der Waals surface area contributed by atoms with Gasteiger partial charge in [0.25, 0.3) is 5.91 Å². The van der Waals surface area contributed by atoms with Gasteiger partial charge in [-0.05, 0) is 48.7 Å². The summed E-state index contributed by atoms with van der Waals surface area (Å²) in [7, 11) is 0. The Labute approximate surface area is 171 Å². The number of aliphatic imine (C=N–C) groups is 1. The molecule has 1 N–H and O–H groups in total. The van der Waals surface area contributed by atoms with Gasteiger partial charge in [0.1, 0.15) is 5.76 Å². The normalized spacial score (nSPS) is 16.3. The highest BCUT2D eigenvalue weighted by molar-refractivity contribution is 6.15. The minimum Gasteiger partial charge on any atom is -0.511 e. The summed E-state index contributed by atoms with van der Waals surface area (Å²) >= 11 is 0. The molecule has 0 saturated heterocycles. The van der Waals surface area contributed by atoms with Crippen molar-refractivity contribution < 1.29 is 14.7 Å². The number of carbonyl (C=O) groups excluding carboxylic acids is 2. The highest BCUT2D eigenvalue weighted by atomic mass is 16.3. The average molecular weight is 390 g/mol. The maximum atomic E-state index is 12.8. The number of ketones is 1. The predicted molar refractivity (Wildman–Crippen MR) is 116 cm³/mol. The van der Waals surface area contributed by atoms with Crippen molar-refractivity contribution in [3.63, 3.8) is 0 Å². The van der Waals surface area contributed by atoms with E-state index in [4.69, 9.17) is 0 Å². The SMILES string of the molecule is CCN(C(=O)c1ccc(N=CC2=C(O)CC(C)(C)CC2=O)cc1)c1ccccc1. The first-order valence-electron chi connectivity index (χ1n) is 9.77. The van der Waals surface area contributed by atoms with E-state index in [1.165, 1.54) is 6.21 Å². The third kappa shape index (κ3) is 4.80. The molecule has 0 aliphatic heterocycles. The fraction of sp³-hybridized carbons (Fsp3) is 0.292. The van der Waals surface area contributed by atoms with Crippen LogP contribution in [-0.2, 0) is 4.79 Å². The zero-order valence-electron chi connectivity index (χ0n) is 17.1. The van der Waals surface area contributed by atoms with Gasteiger partial charge in [0.05, 0.1) is 11.3 Å². The number of benzene rings is 2. The summed E-state index contributed by atoms with van der Waals surface area (Å²) in [6, 6.07) is 16.4. The molecule has 0 aromatic heterocycles. The van der Waals surface area contributed by atoms with Crippen LogP contribution in [0.15, 0.2) is 70.9 Å². The van der Waals surface area contributed by atoms with Gasteiger partial charge in [-0.15, -0.1) is 0 Å². The van der Waals surface area contributed by atoms with Crippen molar-refractivity contribution in [3.05, 3.63) is 71.5 Å². The molecule has 0 atom stereocenters. The minimum absolute atomic E-state index is 0.0840. The smallest absolute Gasteiger partial charge is 0.258 e. The third-order valence-corrected chi connectivity index (χ3v) is 4.98. The molecule has 5 heteroatoms. The second-order valence-corrected chi connectivity index (χ2v) is 7.99. The number of Topliss-reactive ketones (excluding diaryl/α,β-unsaturated/α-hetero) is 1. The molecular weight excluding hydrogens is 364 g/mol. The largest absolute Gasteiger partial charge is 0.511 e. The van der Waals surface area contributed by atoms with E-state index in [1.54, 1.807) is 29.2 Å². The Morgan fingerprint density at radius 3 is 2.34 bits per heavy atom. The monoisotopic (exact) mass is 390 g/mol. The van der Waals surface area contributed by atoms with Crippen LogP contribution in [0.25, 0.3) is 0 Å². The maximum absolute atomic E-state index is 12.8. The fourth-order valence-corrected chi connectivity index (χ4v) is 3.48. The molecule has 0 radical (unpaired) electrons. The first kappa shape index (κ1) is 20.5. The van der Waals surface area contributed by atoms with E-state index in [0.29, 0.717) is 30.6 Å². The number of anilines is 1. The van der Waals surface area contributed by atoms with Gasteiger partial charge in [0.2, 0.25) is 0 Å². The average Bonchev–Trinajstić information content (AvgIpc) is 2.68. The zero-order chi connectivity index (χ0) is 21.0. The molecule has 1 aliphatic carbocycles. The number of carbonyl (C=O) groups is 2. The van der Waals surface area contributed by atoms with E-state index in [2.05, 4.69) is 4.99 Å². The molecule has 0 fully saturated rings. The summed E-state index contributed by atoms with van der Waals surface area (Å²) in [5.41, 5.74) is 2.06. The van der Waals surface area contributed by atoms with Crippen molar-refractivity contribution in [2.45, 2.75) is 33.6 Å². The molecule has 3 rings (SSSR count). The summed E-state index contributed by atoms with van der Waals surface area (Å²) < 4.78 is 0. The minimum atomic E-state index is -0.232. The van der Waals surface area contributed by atoms with E-state index in [9.17, 15) is 14.7 Å². The van der Waals surface area contributed by atoms with Crippen LogP contribution in [0.5, 0.6) is 0 Å². The Morgan fingerprint density at radius 1 is 1.10 bits per heavy atom. The van der Waals surface area contributed by atoms with Gasteiger partial charge in [-0.1, -0.05) is 32.0 Å². The first-order chi connectivity index (χ1) is 13.8. The lowest BCUT2D eigenvalue weighted by Gasteiger charge is -2.28. The van der Waals surface area contributed by atoms with Crippen LogP contribution in [0.1, 0.15) is 44.0 Å². The van der Waals surface area contributed by atoms with E-state index < -0.39 is 0 Å². The second kappa shape index (κ2) is 8.43. The van der Waals surface area contributed by atoms with Crippen LogP contribution in [0, 0.1) is 5.41 Å². The number of aliphatic hydroxyl groups is 1. The molecule has 2 aromatic rings. The van der Waals surface area contributed by atoms with Crippen LogP contribution in [0.4, 0.5) is 11.4 Å². The number of aliphatic hydroxyl groups excluding tert-OH is 1. The van der Waals surface area contributed by atoms with E-state index in [1.807, 2.05) is 51.1 Å². The Balaban J connectivity index is 1.76. The number of hydrogen-bond acceptors (Lipinski definition) is 4. The van der Waals surface area contributed by atoms with Crippen LogP contribution < -0.4 is 4.90 Å². The Hall–Kier alpha value is -3.21. The van der Waals surface area contributed by atoms with E-state index >= 15 is 0 Å². The van der Waals surface area contributed by atoms with Crippen molar-refractivity contribution >= 4 is 29.3 Å². The summed E-state index contributed by atoms with van der Waals surface area (Å²) in [5, 5.41) is 10.2. The first-order valence-corrected chi connectivity index (χ1v) is 9.77. The van der Waals surface area contributed by atoms with E-state index in [-0.39, 0.29) is 28.4 Å². The molecule has 0 heterocycles. The van der Waals surface area contributed by atoms with Crippen LogP contribution in [0.2, 0.25) is 0 Å². The highest BCUT2D eigenvalue weighted by Gasteiger charge is 2.32. The van der Waals surface area contributed by atoms with Crippen molar-refractivity contribution in [1.82, 2.24) is 0 Å². The number of hydrogen-bond donors (Lipinski definition) is 1. The van der Waals surface area contributed by atoms with Crippen molar-refractivity contribution in [1.29, 1.82) is 0 Å². The highest BCUT2D eigenvalue weighted by Crippen LogP contribution is 2.35. The number of allylic oxidation sites excluding steroid dienone is 2. The van der Waals surface area contributed by atoms with Gasteiger partial charge in [0, 0.05) is 36.9 Å². The van der Waals surface area contributed by atoms with Crippen molar-refractivity contribution in [2.24, 2.45) is 10.4 Å². The summed E-state index contributed by atoms with van der Waals surface area (Å²) in [6.45, 7) is 6.42. The quantitative estimate of drug-likeness (QED) is 0.708. The van der Waals surface area contributed by atoms with Gasteiger partial charge in [-0.3, -0.25) is 14.6 Å². The lowest BCUT2D eigenvalue weighted by Crippen LogP contribution is -2.30. The van der Waals surface area contributed by atoms with Crippen molar-refractivity contribution in [3.8, 4) is 0 Å². The van der Waals surface area contributed by atoms with Crippen LogP contribution >= 0.6 is 0 Å². The molecular formula is C24H26N2O3. The molecule has 0 saturated carbocycles. The molecule has 0 unspecified atom stereocenters. The Bertz CT molecular complexity index is 957. The third-order valence-electron chi connectivity index (χ3n) is 4.98. The van der Waals surface area contributed by atoms with Gasteiger partial charge in [-0.2, -0.15) is 0 Å². The molecule has 0 bridgehead atoms. The maximum Gasteiger partial charge on any atom is 0.258 e. The molecule has 1 aliphatic rings. The molecule has 29 heavy (non-hydrogen) atoms. The fourth-order valence-electron chi connectivity index (χ4n) is 3.48. The van der Waals surface area contributed by atoms with Gasteiger partial charge < -0.3 is 10.0 Å². The molecule has 5 nitrogen and oxygen atoms in total. The second-order valence-electron chi connectivity index (χ2n) is 7.99. The number of rotatable bonds is 5. The predicted octanol–water partition coefficient (Wildman–Crippen LogP) is 5.26. The summed E-state index contributed by atoms with van der Waals surface area (Å²) in [6.07, 6.45) is 2.27. The number of amides is 1. The molecule has 150 valence electrons. The topological polar surface area (TPSA) is 70.0 Å². The summed E-state index contributed by atoms with van der Waals surface area (Å²) in [4.78, 5) is 31.1. The van der Waals surface area contributed by atoms with Crippen LogP contribution in [-0.4, -0.2) is 29.6 Å². The van der Waals surface area contributed by atoms with Gasteiger partial charge >= 0.3 is 0 Å². The summed E-state index contributed by atoms with van der Waals surface area (Å²) in [5.74, 6) is -0.0988. The van der Waals surface area contributed by atoms with Crippen molar-refractivity contribution in [2.75, 3.05) is 11.4 Å². The molecule has 1 amide bonds. The number of nitrogens with zero attached hydrogens (tertiary/aromatic N) is 2. The number of para-hydroxylation sites is 1. The van der Waals surface area contributed by atoms with E-state index in [0.717, 1.165) is 5.69 Å². The van der Waals surface area contributed by atoms with Gasteiger partial charge in [0.15, 0.2) is 5.78 Å². The Kier molecular flexibility index (Phi) is 5.97. The molecule has 2 aromatic carbocycles. The zero-order valence-corrected chi connectivity index (χ0v) is 17.1. The van der Waals surface area contributed by atoms with Crippen LogP contribution in [0.3, 0.4) is 0 Å². The lowest BCUT2D eigenvalue weighted by molar-refractivity contribution is -0.117. The Morgan fingerprint density at radius 2 is 1.76 bits per heavy atom. The lowest BCUT2D eigenvalue weighted by atomic mass is 9.77.